The molecule has 0 unspecified atom stereocenters. The van der Waals surface area contributed by atoms with Gasteiger partial charge in [0.15, 0.2) is 0 Å². The maximum atomic E-state index is 12.6. The molecule has 3 amide bonds. The third-order valence-corrected chi connectivity index (χ3v) is 4.93. The highest BCUT2D eigenvalue weighted by Gasteiger charge is 2.36. The van der Waals surface area contributed by atoms with Crippen LogP contribution in [0.2, 0.25) is 5.02 Å². The quantitative estimate of drug-likeness (QED) is 0.706. The SMILES string of the molecule is CCOc1cccc(/C=C2\SC(=O)N(CC(=O)Nc3ccc(Cl)cc3)C2=O)c1. The van der Waals surface area contributed by atoms with Crippen LogP contribution in [-0.2, 0) is 9.59 Å². The van der Waals surface area contributed by atoms with Crippen molar-refractivity contribution in [2.45, 2.75) is 6.92 Å². The Hall–Kier alpha value is -2.77. The van der Waals surface area contributed by atoms with Crippen LogP contribution < -0.4 is 10.1 Å². The number of ether oxygens (including phenoxy) is 1. The molecule has 8 heteroatoms. The molecule has 1 fully saturated rings. The standard InChI is InChI=1S/C20H17ClN2O4S/c1-2-27-16-5-3-4-13(10-16)11-17-19(25)23(20(26)28-17)12-18(24)22-15-8-6-14(21)7-9-15/h3-11H,2,12H2,1H3,(H,22,24)/b17-11-. The second-order valence-corrected chi connectivity index (χ2v) is 7.26. The molecular weight excluding hydrogens is 400 g/mol. The Morgan fingerprint density at radius 1 is 1.21 bits per heavy atom. The molecule has 1 heterocycles. The van der Waals surface area contributed by atoms with Gasteiger partial charge in [-0.25, -0.2) is 0 Å². The van der Waals surface area contributed by atoms with Gasteiger partial charge in [-0.3, -0.25) is 19.3 Å². The lowest BCUT2D eigenvalue weighted by molar-refractivity contribution is -0.127. The van der Waals surface area contributed by atoms with Crippen molar-refractivity contribution in [3.05, 3.63) is 64.0 Å². The van der Waals surface area contributed by atoms with Crippen LogP contribution >= 0.6 is 23.4 Å². The summed E-state index contributed by atoms with van der Waals surface area (Å²) in [5.41, 5.74) is 1.27. The van der Waals surface area contributed by atoms with E-state index in [1.165, 1.54) is 0 Å². The smallest absolute Gasteiger partial charge is 0.294 e. The van der Waals surface area contributed by atoms with Crippen molar-refractivity contribution < 1.29 is 19.1 Å². The van der Waals surface area contributed by atoms with E-state index in [1.807, 2.05) is 19.1 Å². The summed E-state index contributed by atoms with van der Waals surface area (Å²) < 4.78 is 5.44. The van der Waals surface area contributed by atoms with Crippen LogP contribution in [0.1, 0.15) is 12.5 Å². The predicted octanol–water partition coefficient (Wildman–Crippen LogP) is 4.41. The Morgan fingerprint density at radius 3 is 2.68 bits per heavy atom. The monoisotopic (exact) mass is 416 g/mol. The third kappa shape index (κ3) is 4.94. The number of hydrogen-bond acceptors (Lipinski definition) is 5. The zero-order valence-electron chi connectivity index (χ0n) is 15.0. The molecule has 0 atom stereocenters. The molecule has 2 aromatic carbocycles. The van der Waals surface area contributed by atoms with E-state index in [-0.39, 0.29) is 11.4 Å². The minimum atomic E-state index is -0.497. The summed E-state index contributed by atoms with van der Waals surface area (Å²) in [6.07, 6.45) is 1.62. The summed E-state index contributed by atoms with van der Waals surface area (Å²) in [5.74, 6) is -0.287. The van der Waals surface area contributed by atoms with Crippen LogP contribution in [0.25, 0.3) is 6.08 Å². The first-order valence-corrected chi connectivity index (χ1v) is 9.69. The van der Waals surface area contributed by atoms with E-state index in [9.17, 15) is 14.4 Å². The van der Waals surface area contributed by atoms with Gasteiger partial charge in [0.1, 0.15) is 12.3 Å². The van der Waals surface area contributed by atoms with Crippen LogP contribution in [-0.4, -0.2) is 35.1 Å². The second kappa shape index (κ2) is 8.95. The molecule has 0 aromatic heterocycles. The van der Waals surface area contributed by atoms with Gasteiger partial charge in [0.2, 0.25) is 5.91 Å². The summed E-state index contributed by atoms with van der Waals surface area (Å²) in [7, 11) is 0. The van der Waals surface area contributed by atoms with Gasteiger partial charge in [0, 0.05) is 10.7 Å². The number of carbonyl (C=O) groups is 3. The average molecular weight is 417 g/mol. The number of halogens is 1. The van der Waals surface area contributed by atoms with Crippen LogP contribution in [0.3, 0.4) is 0 Å². The van der Waals surface area contributed by atoms with Crippen molar-refractivity contribution in [2.75, 3.05) is 18.5 Å². The molecule has 1 aliphatic rings. The number of imide groups is 1. The van der Waals surface area contributed by atoms with Gasteiger partial charge >= 0.3 is 0 Å². The molecule has 6 nitrogen and oxygen atoms in total. The van der Waals surface area contributed by atoms with Crippen molar-refractivity contribution in [1.82, 2.24) is 4.90 Å². The van der Waals surface area contributed by atoms with E-state index in [4.69, 9.17) is 16.3 Å². The van der Waals surface area contributed by atoms with E-state index < -0.39 is 17.1 Å². The Balaban J connectivity index is 1.68. The second-order valence-electron chi connectivity index (χ2n) is 5.83. The first-order chi connectivity index (χ1) is 13.5. The van der Waals surface area contributed by atoms with Gasteiger partial charge in [-0.2, -0.15) is 0 Å². The zero-order valence-corrected chi connectivity index (χ0v) is 16.5. The molecular formula is C20H17ClN2O4S. The molecule has 3 rings (SSSR count). The van der Waals surface area contributed by atoms with Crippen molar-refractivity contribution in [3.8, 4) is 5.75 Å². The first-order valence-electron chi connectivity index (χ1n) is 8.50. The fourth-order valence-electron chi connectivity index (χ4n) is 2.53. The molecule has 1 saturated heterocycles. The van der Waals surface area contributed by atoms with Crippen molar-refractivity contribution >= 4 is 52.2 Å². The van der Waals surface area contributed by atoms with Crippen LogP contribution in [0.15, 0.2) is 53.4 Å². The molecule has 2 aromatic rings. The number of carbonyl (C=O) groups excluding carboxylic acids is 3. The Bertz CT molecular complexity index is 943. The van der Waals surface area contributed by atoms with Crippen molar-refractivity contribution in [1.29, 1.82) is 0 Å². The number of anilines is 1. The fourth-order valence-corrected chi connectivity index (χ4v) is 3.49. The van der Waals surface area contributed by atoms with Crippen LogP contribution in [0.5, 0.6) is 5.75 Å². The minimum absolute atomic E-state index is 0.262. The summed E-state index contributed by atoms with van der Waals surface area (Å²) in [6, 6.07) is 13.8. The summed E-state index contributed by atoms with van der Waals surface area (Å²) in [6.45, 7) is 2.05. The van der Waals surface area contributed by atoms with E-state index in [0.29, 0.717) is 23.1 Å². The first kappa shape index (κ1) is 20.0. The topological polar surface area (TPSA) is 75.7 Å². The lowest BCUT2D eigenvalue weighted by Gasteiger charge is -2.12. The van der Waals surface area contributed by atoms with Crippen molar-refractivity contribution in [2.24, 2.45) is 0 Å². The van der Waals surface area contributed by atoms with Crippen LogP contribution in [0.4, 0.5) is 10.5 Å². The lowest BCUT2D eigenvalue weighted by Crippen LogP contribution is -2.36. The highest BCUT2D eigenvalue weighted by molar-refractivity contribution is 8.18. The molecule has 0 bridgehead atoms. The van der Waals surface area contributed by atoms with Crippen molar-refractivity contribution in [3.63, 3.8) is 0 Å². The van der Waals surface area contributed by atoms with Gasteiger partial charge in [0.25, 0.3) is 11.1 Å². The van der Waals surface area contributed by atoms with E-state index in [2.05, 4.69) is 5.32 Å². The molecule has 28 heavy (non-hydrogen) atoms. The number of nitrogens with one attached hydrogen (secondary N) is 1. The fraction of sp³-hybridized carbons (Fsp3) is 0.150. The molecule has 0 saturated carbocycles. The predicted molar refractivity (Wildman–Crippen MR) is 110 cm³/mol. The molecule has 1 N–H and O–H groups in total. The van der Waals surface area contributed by atoms with Crippen LogP contribution in [0, 0.1) is 0 Å². The molecule has 0 spiro atoms. The maximum Gasteiger partial charge on any atom is 0.294 e. The number of amides is 3. The average Bonchev–Trinajstić information content (AvgIpc) is 2.92. The number of benzene rings is 2. The summed E-state index contributed by atoms with van der Waals surface area (Å²) in [5, 5.41) is 2.70. The Morgan fingerprint density at radius 2 is 1.96 bits per heavy atom. The summed E-state index contributed by atoms with van der Waals surface area (Å²) in [4.78, 5) is 38.1. The van der Waals surface area contributed by atoms with Gasteiger partial charge < -0.3 is 10.1 Å². The highest BCUT2D eigenvalue weighted by atomic mass is 35.5. The normalized spacial score (nSPS) is 15.2. The number of hydrogen-bond donors (Lipinski definition) is 1. The lowest BCUT2D eigenvalue weighted by atomic mass is 10.2. The van der Waals surface area contributed by atoms with Gasteiger partial charge in [0.05, 0.1) is 11.5 Å². The molecule has 0 radical (unpaired) electrons. The Labute approximate surface area is 171 Å². The molecule has 144 valence electrons. The maximum absolute atomic E-state index is 12.6. The zero-order chi connectivity index (χ0) is 20.1. The molecule has 1 aliphatic heterocycles. The number of nitrogens with zero attached hydrogens (tertiary/aromatic N) is 1. The molecule has 0 aliphatic carbocycles. The minimum Gasteiger partial charge on any atom is -0.494 e. The highest BCUT2D eigenvalue weighted by Crippen LogP contribution is 2.32. The third-order valence-electron chi connectivity index (χ3n) is 3.77. The Kier molecular flexibility index (Phi) is 6.38. The van der Waals surface area contributed by atoms with E-state index in [1.54, 1.807) is 42.5 Å². The van der Waals surface area contributed by atoms with Gasteiger partial charge in [-0.1, -0.05) is 23.7 Å². The van der Waals surface area contributed by atoms with E-state index in [0.717, 1.165) is 22.2 Å². The van der Waals surface area contributed by atoms with Gasteiger partial charge in [-0.15, -0.1) is 0 Å². The number of rotatable bonds is 6. The number of thioether (sulfide) groups is 1. The van der Waals surface area contributed by atoms with Gasteiger partial charge in [-0.05, 0) is 66.7 Å². The van der Waals surface area contributed by atoms with E-state index >= 15 is 0 Å². The largest absolute Gasteiger partial charge is 0.494 e. The summed E-state index contributed by atoms with van der Waals surface area (Å²) >= 11 is 6.61.